The molecule has 0 bridgehead atoms. The monoisotopic (exact) mass is 242 g/mol. The summed E-state index contributed by atoms with van der Waals surface area (Å²) in [5.74, 6) is 1.42. The summed E-state index contributed by atoms with van der Waals surface area (Å²) in [6.45, 7) is 3.73. The number of hydrogen-bond donors (Lipinski definition) is 1. The Labute approximate surface area is 98.7 Å². The van der Waals surface area contributed by atoms with Gasteiger partial charge >= 0.3 is 0 Å². The molecule has 0 radical (unpaired) electrons. The Hall–Kier alpha value is -0.940. The molecule has 16 heavy (non-hydrogen) atoms. The molecule has 0 aliphatic carbocycles. The maximum atomic E-state index is 11.8. The predicted molar refractivity (Wildman–Crippen MR) is 65.8 cm³/mol. The van der Waals surface area contributed by atoms with E-state index in [1.54, 1.807) is 13.3 Å². The number of hydrogen-bond acceptors (Lipinski definition) is 4. The van der Waals surface area contributed by atoms with E-state index in [2.05, 4.69) is 4.98 Å². The van der Waals surface area contributed by atoms with Gasteiger partial charge in [-0.3, -0.25) is 4.21 Å². The van der Waals surface area contributed by atoms with Crippen LogP contribution in [0.4, 0.5) is 0 Å². The molecule has 1 aromatic heterocycles. The van der Waals surface area contributed by atoms with E-state index in [1.807, 2.05) is 26.0 Å². The maximum Gasteiger partial charge on any atom is 0.217 e. The Bertz CT molecular complexity index is 374. The molecule has 1 aromatic rings. The number of aromatic nitrogens is 1. The zero-order chi connectivity index (χ0) is 12.2. The molecule has 5 heteroatoms. The van der Waals surface area contributed by atoms with Crippen molar-refractivity contribution in [3.8, 4) is 5.88 Å². The smallest absolute Gasteiger partial charge is 0.217 e. The van der Waals surface area contributed by atoms with Crippen LogP contribution < -0.4 is 10.5 Å². The van der Waals surface area contributed by atoms with Gasteiger partial charge in [-0.1, -0.05) is 6.07 Å². The van der Waals surface area contributed by atoms with Crippen LogP contribution in [0, 0.1) is 0 Å². The number of nitrogens with two attached hydrogens (primary N) is 1. The Balaban J connectivity index is 2.70. The Morgan fingerprint density at radius 1 is 1.56 bits per heavy atom. The second-order valence-corrected chi connectivity index (χ2v) is 5.85. The van der Waals surface area contributed by atoms with Crippen LogP contribution in [0.25, 0.3) is 0 Å². The standard InChI is InChI=1S/C11H18N2O2S/c1-11(2,12)8-16(14)7-9-5-4-6-13-10(9)15-3/h4-6H,7-8,12H2,1-3H3. The Kier molecular flexibility index (Phi) is 4.44. The first-order chi connectivity index (χ1) is 7.42. The molecular weight excluding hydrogens is 224 g/mol. The van der Waals surface area contributed by atoms with Gasteiger partial charge in [0.1, 0.15) is 0 Å². The van der Waals surface area contributed by atoms with Crippen molar-refractivity contribution in [1.82, 2.24) is 4.98 Å². The minimum absolute atomic E-state index is 0.416. The average molecular weight is 242 g/mol. The van der Waals surface area contributed by atoms with Gasteiger partial charge in [0.15, 0.2) is 0 Å². The van der Waals surface area contributed by atoms with E-state index in [1.165, 1.54) is 0 Å². The summed E-state index contributed by atoms with van der Waals surface area (Å²) < 4.78 is 16.9. The second kappa shape index (κ2) is 5.41. The van der Waals surface area contributed by atoms with Gasteiger partial charge < -0.3 is 10.5 Å². The molecule has 1 rings (SSSR count). The molecule has 1 atom stereocenters. The summed E-state index contributed by atoms with van der Waals surface area (Å²) in [6, 6.07) is 3.68. The fourth-order valence-corrected chi connectivity index (χ4v) is 2.86. The van der Waals surface area contributed by atoms with Crippen LogP contribution in [0.15, 0.2) is 18.3 Å². The van der Waals surface area contributed by atoms with Crippen molar-refractivity contribution in [2.24, 2.45) is 5.73 Å². The average Bonchev–Trinajstić information content (AvgIpc) is 2.15. The van der Waals surface area contributed by atoms with Gasteiger partial charge in [-0.15, -0.1) is 0 Å². The summed E-state index contributed by atoms with van der Waals surface area (Å²) >= 11 is 0. The molecular formula is C11H18N2O2S. The van der Waals surface area contributed by atoms with Crippen molar-refractivity contribution in [3.05, 3.63) is 23.9 Å². The number of methoxy groups -OCH3 is 1. The largest absolute Gasteiger partial charge is 0.481 e. The molecule has 0 saturated heterocycles. The molecule has 4 nitrogen and oxygen atoms in total. The molecule has 0 spiro atoms. The molecule has 0 aliphatic heterocycles. The lowest BCUT2D eigenvalue weighted by atomic mass is 10.1. The lowest BCUT2D eigenvalue weighted by molar-refractivity contribution is 0.394. The number of rotatable bonds is 5. The maximum absolute atomic E-state index is 11.8. The van der Waals surface area contributed by atoms with Crippen LogP contribution in [0.1, 0.15) is 19.4 Å². The fraction of sp³-hybridized carbons (Fsp3) is 0.545. The molecule has 0 aromatic carbocycles. The van der Waals surface area contributed by atoms with E-state index in [0.29, 0.717) is 17.4 Å². The number of pyridine rings is 1. The van der Waals surface area contributed by atoms with Gasteiger partial charge in [0.25, 0.3) is 0 Å². The molecule has 90 valence electrons. The molecule has 1 unspecified atom stereocenters. The first kappa shape index (κ1) is 13.1. The third-order valence-electron chi connectivity index (χ3n) is 1.89. The summed E-state index contributed by atoms with van der Waals surface area (Å²) in [7, 11) is 0.560. The fourth-order valence-electron chi connectivity index (χ4n) is 1.36. The second-order valence-electron chi connectivity index (χ2n) is 4.39. The van der Waals surface area contributed by atoms with E-state index >= 15 is 0 Å². The first-order valence-electron chi connectivity index (χ1n) is 5.04. The highest BCUT2D eigenvalue weighted by molar-refractivity contribution is 7.84. The topological polar surface area (TPSA) is 65.2 Å². The van der Waals surface area contributed by atoms with Gasteiger partial charge in [-0.05, 0) is 19.9 Å². The van der Waals surface area contributed by atoms with E-state index in [4.69, 9.17) is 10.5 Å². The molecule has 0 fully saturated rings. The minimum atomic E-state index is -0.997. The Morgan fingerprint density at radius 3 is 2.81 bits per heavy atom. The third kappa shape index (κ3) is 4.28. The number of ether oxygens (including phenoxy) is 1. The molecule has 1 heterocycles. The lowest BCUT2D eigenvalue weighted by Gasteiger charge is -2.17. The highest BCUT2D eigenvalue weighted by Gasteiger charge is 2.16. The summed E-state index contributed by atoms with van der Waals surface area (Å²) in [5.41, 5.74) is 6.26. The van der Waals surface area contributed by atoms with Gasteiger partial charge in [-0.25, -0.2) is 4.98 Å². The van der Waals surface area contributed by atoms with Gasteiger partial charge in [-0.2, -0.15) is 0 Å². The Morgan fingerprint density at radius 2 is 2.25 bits per heavy atom. The van der Waals surface area contributed by atoms with E-state index in [9.17, 15) is 4.21 Å². The summed E-state index contributed by atoms with van der Waals surface area (Å²) in [6.07, 6.45) is 1.65. The van der Waals surface area contributed by atoms with Crippen molar-refractivity contribution in [2.45, 2.75) is 25.1 Å². The predicted octanol–water partition coefficient (Wildman–Crippen LogP) is 1.08. The van der Waals surface area contributed by atoms with Gasteiger partial charge in [0.2, 0.25) is 5.88 Å². The van der Waals surface area contributed by atoms with Crippen molar-refractivity contribution >= 4 is 10.8 Å². The van der Waals surface area contributed by atoms with Crippen LogP contribution >= 0.6 is 0 Å². The molecule has 0 saturated carbocycles. The molecule has 0 aliphatic rings. The first-order valence-corrected chi connectivity index (χ1v) is 6.53. The quantitative estimate of drug-likeness (QED) is 0.839. The van der Waals surface area contributed by atoms with Crippen LogP contribution in [0.2, 0.25) is 0 Å². The number of nitrogens with zero attached hydrogens (tertiary/aromatic N) is 1. The van der Waals surface area contributed by atoms with Crippen LogP contribution in [0.3, 0.4) is 0 Å². The normalized spacial score (nSPS) is 13.5. The van der Waals surface area contributed by atoms with Crippen molar-refractivity contribution < 1.29 is 8.95 Å². The SMILES string of the molecule is COc1ncccc1CS(=O)CC(C)(C)N. The summed E-state index contributed by atoms with van der Waals surface area (Å²) in [5, 5.41) is 0. The third-order valence-corrected chi connectivity index (χ3v) is 3.59. The van der Waals surface area contributed by atoms with Crippen molar-refractivity contribution in [3.63, 3.8) is 0 Å². The summed E-state index contributed by atoms with van der Waals surface area (Å²) in [4.78, 5) is 4.06. The van der Waals surface area contributed by atoms with E-state index in [0.717, 1.165) is 5.56 Å². The molecule has 0 amide bonds. The zero-order valence-electron chi connectivity index (χ0n) is 9.90. The minimum Gasteiger partial charge on any atom is -0.481 e. The van der Waals surface area contributed by atoms with E-state index < -0.39 is 16.3 Å². The highest BCUT2D eigenvalue weighted by Crippen LogP contribution is 2.16. The van der Waals surface area contributed by atoms with Crippen LogP contribution in [-0.2, 0) is 16.6 Å². The van der Waals surface area contributed by atoms with Crippen LogP contribution in [-0.4, -0.2) is 27.6 Å². The molecule has 2 N–H and O–H groups in total. The van der Waals surface area contributed by atoms with Gasteiger partial charge in [0, 0.05) is 33.9 Å². The van der Waals surface area contributed by atoms with E-state index in [-0.39, 0.29) is 0 Å². The van der Waals surface area contributed by atoms with Crippen molar-refractivity contribution in [1.29, 1.82) is 0 Å². The zero-order valence-corrected chi connectivity index (χ0v) is 10.7. The van der Waals surface area contributed by atoms with Gasteiger partial charge in [0.05, 0.1) is 12.9 Å². The van der Waals surface area contributed by atoms with Crippen LogP contribution in [0.5, 0.6) is 5.88 Å². The lowest BCUT2D eigenvalue weighted by Crippen LogP contribution is -2.38. The highest BCUT2D eigenvalue weighted by atomic mass is 32.2. The van der Waals surface area contributed by atoms with Crippen molar-refractivity contribution in [2.75, 3.05) is 12.9 Å².